The first-order chi connectivity index (χ1) is 12.8. The minimum absolute atomic E-state index is 0.361. The SMILES string of the molecule is CCCc1ccc(O)c2ccc3c4ccc5ccccc5c4ccc3c12. The molecule has 0 fully saturated rings. The minimum atomic E-state index is 0.361. The third kappa shape index (κ3) is 2.10. The summed E-state index contributed by atoms with van der Waals surface area (Å²) in [6.45, 7) is 2.20. The van der Waals surface area contributed by atoms with E-state index in [4.69, 9.17) is 0 Å². The van der Waals surface area contributed by atoms with Crippen LogP contribution in [0.4, 0.5) is 0 Å². The zero-order valence-electron chi connectivity index (χ0n) is 14.8. The Bertz CT molecular complexity index is 1300. The molecular weight excluding hydrogens is 316 g/mol. The normalized spacial score (nSPS) is 11.7. The van der Waals surface area contributed by atoms with Gasteiger partial charge in [-0.3, -0.25) is 0 Å². The second-order valence-corrected chi connectivity index (χ2v) is 7.02. The molecule has 0 unspecified atom stereocenters. The first kappa shape index (κ1) is 15.2. The lowest BCUT2D eigenvalue weighted by molar-refractivity contribution is 0.481. The van der Waals surface area contributed by atoms with Gasteiger partial charge in [0.25, 0.3) is 0 Å². The molecular formula is C25H20O. The Morgan fingerprint density at radius 1 is 0.615 bits per heavy atom. The molecule has 0 spiro atoms. The number of fused-ring (bicyclic) bond motifs is 7. The van der Waals surface area contributed by atoms with E-state index in [0.29, 0.717) is 5.75 Å². The summed E-state index contributed by atoms with van der Waals surface area (Å²) in [5.74, 6) is 0.361. The molecule has 1 nitrogen and oxygen atoms in total. The Balaban J connectivity index is 1.98. The van der Waals surface area contributed by atoms with Gasteiger partial charge in [-0.2, -0.15) is 0 Å². The third-order valence-corrected chi connectivity index (χ3v) is 5.48. The maximum absolute atomic E-state index is 10.4. The van der Waals surface area contributed by atoms with E-state index in [9.17, 15) is 5.11 Å². The summed E-state index contributed by atoms with van der Waals surface area (Å²) in [5.41, 5.74) is 1.31. The van der Waals surface area contributed by atoms with Crippen molar-refractivity contribution in [1.82, 2.24) is 0 Å². The molecule has 0 saturated heterocycles. The maximum Gasteiger partial charge on any atom is 0.123 e. The number of rotatable bonds is 2. The molecule has 1 N–H and O–H groups in total. The van der Waals surface area contributed by atoms with Crippen molar-refractivity contribution in [2.45, 2.75) is 19.8 Å². The highest BCUT2D eigenvalue weighted by Crippen LogP contribution is 2.38. The highest BCUT2D eigenvalue weighted by atomic mass is 16.3. The van der Waals surface area contributed by atoms with Crippen LogP contribution < -0.4 is 0 Å². The monoisotopic (exact) mass is 336 g/mol. The molecule has 0 aliphatic carbocycles. The third-order valence-electron chi connectivity index (χ3n) is 5.48. The second kappa shape index (κ2) is 5.74. The lowest BCUT2D eigenvalue weighted by atomic mass is 9.91. The molecule has 1 heteroatoms. The predicted molar refractivity (Wildman–Crippen MR) is 112 cm³/mol. The summed E-state index contributed by atoms with van der Waals surface area (Å²) < 4.78 is 0. The Morgan fingerprint density at radius 3 is 2.12 bits per heavy atom. The minimum Gasteiger partial charge on any atom is -0.507 e. The zero-order valence-corrected chi connectivity index (χ0v) is 14.8. The number of aromatic hydroxyl groups is 1. The number of phenols is 1. The van der Waals surface area contributed by atoms with Gasteiger partial charge in [0.1, 0.15) is 5.75 Å². The largest absolute Gasteiger partial charge is 0.507 e. The lowest BCUT2D eigenvalue weighted by Crippen LogP contribution is -1.89. The van der Waals surface area contributed by atoms with Gasteiger partial charge in [0, 0.05) is 5.39 Å². The molecule has 0 saturated carbocycles. The molecule has 0 heterocycles. The number of hydrogen-bond donors (Lipinski definition) is 1. The van der Waals surface area contributed by atoms with Crippen molar-refractivity contribution in [3.05, 3.63) is 78.4 Å². The van der Waals surface area contributed by atoms with Crippen molar-refractivity contribution < 1.29 is 5.11 Å². The van der Waals surface area contributed by atoms with Gasteiger partial charge in [0.05, 0.1) is 0 Å². The van der Waals surface area contributed by atoms with Gasteiger partial charge >= 0.3 is 0 Å². The van der Waals surface area contributed by atoms with E-state index in [1.54, 1.807) is 0 Å². The van der Waals surface area contributed by atoms with Crippen molar-refractivity contribution in [3.63, 3.8) is 0 Å². The highest BCUT2D eigenvalue weighted by molar-refractivity contribution is 6.23. The van der Waals surface area contributed by atoms with E-state index in [1.807, 2.05) is 6.07 Å². The van der Waals surface area contributed by atoms with Crippen molar-refractivity contribution >= 4 is 43.1 Å². The van der Waals surface area contributed by atoms with Crippen molar-refractivity contribution in [1.29, 1.82) is 0 Å². The van der Waals surface area contributed by atoms with Crippen LogP contribution in [0.15, 0.2) is 72.8 Å². The summed E-state index contributed by atoms with van der Waals surface area (Å²) in [7, 11) is 0. The highest BCUT2D eigenvalue weighted by Gasteiger charge is 2.11. The Morgan fingerprint density at radius 2 is 1.27 bits per heavy atom. The van der Waals surface area contributed by atoms with Crippen LogP contribution in [-0.2, 0) is 6.42 Å². The van der Waals surface area contributed by atoms with Gasteiger partial charge in [0.2, 0.25) is 0 Å². The molecule has 0 aliphatic rings. The number of phenolic OH excluding ortho intramolecular Hbond substituents is 1. The van der Waals surface area contributed by atoms with E-state index < -0.39 is 0 Å². The average molecular weight is 336 g/mol. The summed E-state index contributed by atoms with van der Waals surface area (Å²) in [6.07, 6.45) is 2.11. The summed E-state index contributed by atoms with van der Waals surface area (Å²) in [5, 5.41) is 20.1. The molecule has 0 atom stereocenters. The van der Waals surface area contributed by atoms with Gasteiger partial charge < -0.3 is 5.11 Å². The average Bonchev–Trinajstić information content (AvgIpc) is 2.69. The van der Waals surface area contributed by atoms with E-state index in [-0.39, 0.29) is 0 Å². The van der Waals surface area contributed by atoms with Gasteiger partial charge in [-0.1, -0.05) is 74.0 Å². The molecule has 26 heavy (non-hydrogen) atoms. The van der Waals surface area contributed by atoms with E-state index in [0.717, 1.165) is 18.2 Å². The molecule has 0 radical (unpaired) electrons. The van der Waals surface area contributed by atoms with Gasteiger partial charge in [0.15, 0.2) is 0 Å². The van der Waals surface area contributed by atoms with Gasteiger partial charge in [-0.05, 0) is 61.8 Å². The van der Waals surface area contributed by atoms with Crippen molar-refractivity contribution in [2.75, 3.05) is 0 Å². The number of hydrogen-bond acceptors (Lipinski definition) is 1. The van der Waals surface area contributed by atoms with Crippen LogP contribution >= 0.6 is 0 Å². The Hall–Kier alpha value is -3.06. The summed E-state index contributed by atoms with van der Waals surface area (Å²) in [4.78, 5) is 0. The zero-order chi connectivity index (χ0) is 17.7. The van der Waals surface area contributed by atoms with E-state index >= 15 is 0 Å². The Labute approximate surface area is 152 Å². The fourth-order valence-corrected chi connectivity index (χ4v) is 4.29. The standard InChI is InChI=1S/C25H20O/c1-2-5-17-9-15-24(26)23-14-12-21-20-10-8-16-6-3-4-7-18(16)19(20)11-13-22(21)25(17)23/h3-4,6-15,26H,2,5H2,1H3. The fourth-order valence-electron chi connectivity index (χ4n) is 4.29. The smallest absolute Gasteiger partial charge is 0.123 e. The molecule has 0 bridgehead atoms. The van der Waals surface area contributed by atoms with Crippen LogP contribution in [0.5, 0.6) is 5.75 Å². The van der Waals surface area contributed by atoms with Gasteiger partial charge in [-0.15, -0.1) is 0 Å². The molecule has 0 aliphatic heterocycles. The molecule has 126 valence electrons. The molecule has 5 aromatic carbocycles. The predicted octanol–water partition coefficient (Wildman–Crippen LogP) is 6.96. The number of aryl methyl sites for hydroxylation is 1. The second-order valence-electron chi connectivity index (χ2n) is 7.02. The molecule has 5 rings (SSSR count). The van der Waals surface area contributed by atoms with Crippen LogP contribution in [0.2, 0.25) is 0 Å². The number of benzene rings is 5. The molecule has 0 amide bonds. The van der Waals surface area contributed by atoms with E-state index in [2.05, 4.69) is 73.7 Å². The maximum atomic E-state index is 10.4. The quantitative estimate of drug-likeness (QED) is 0.346. The Kier molecular flexibility index (Phi) is 3.36. The van der Waals surface area contributed by atoms with Crippen molar-refractivity contribution in [3.8, 4) is 5.75 Å². The van der Waals surface area contributed by atoms with Crippen LogP contribution in [0.3, 0.4) is 0 Å². The first-order valence-corrected chi connectivity index (χ1v) is 9.25. The van der Waals surface area contributed by atoms with Crippen LogP contribution in [-0.4, -0.2) is 5.11 Å². The summed E-state index contributed by atoms with van der Waals surface area (Å²) >= 11 is 0. The topological polar surface area (TPSA) is 20.2 Å². The van der Waals surface area contributed by atoms with Crippen LogP contribution in [0.1, 0.15) is 18.9 Å². The lowest BCUT2D eigenvalue weighted by Gasteiger charge is -2.13. The molecule has 0 aromatic heterocycles. The van der Waals surface area contributed by atoms with Gasteiger partial charge in [-0.25, -0.2) is 0 Å². The summed E-state index contributed by atoms with van der Waals surface area (Å²) in [6, 6.07) is 25.6. The van der Waals surface area contributed by atoms with Crippen LogP contribution in [0.25, 0.3) is 43.1 Å². The van der Waals surface area contributed by atoms with Crippen molar-refractivity contribution in [2.24, 2.45) is 0 Å². The fraction of sp³-hybridized carbons (Fsp3) is 0.120. The van der Waals surface area contributed by atoms with E-state index in [1.165, 1.54) is 43.3 Å². The first-order valence-electron chi connectivity index (χ1n) is 9.25. The molecule has 5 aromatic rings. The van der Waals surface area contributed by atoms with Crippen LogP contribution in [0, 0.1) is 0 Å².